The molecule has 1 fully saturated rings. The summed E-state index contributed by atoms with van der Waals surface area (Å²) in [6.45, 7) is -1.78. The molecular weight excluding hydrogens is 503 g/mol. The topological polar surface area (TPSA) is 113 Å². The number of rotatable bonds is 5. The zero-order valence-electron chi connectivity index (χ0n) is 17.8. The van der Waals surface area contributed by atoms with Crippen LogP contribution >= 0.6 is 0 Å². The Morgan fingerprint density at radius 1 is 1.17 bits per heavy atom. The third kappa shape index (κ3) is 4.20. The molecule has 0 radical (unpaired) electrons. The predicted octanol–water partition coefficient (Wildman–Crippen LogP) is 2.63. The molecule has 35 heavy (non-hydrogen) atoms. The Balaban J connectivity index is 1.76. The molecule has 0 aromatic heterocycles. The third-order valence-electron chi connectivity index (χ3n) is 5.61. The highest BCUT2D eigenvalue weighted by Crippen LogP contribution is 2.52. The van der Waals surface area contributed by atoms with Gasteiger partial charge in [-0.15, -0.1) is 0 Å². The number of carbonyl (C=O) groups is 2. The summed E-state index contributed by atoms with van der Waals surface area (Å²) in [4.78, 5) is 26.0. The van der Waals surface area contributed by atoms with Crippen molar-refractivity contribution in [3.8, 4) is 5.75 Å². The third-order valence-corrected chi connectivity index (χ3v) is 7.76. The van der Waals surface area contributed by atoms with Gasteiger partial charge in [0.25, 0.3) is 17.4 Å². The summed E-state index contributed by atoms with van der Waals surface area (Å²) >= 11 is 0. The summed E-state index contributed by atoms with van der Waals surface area (Å²) < 4.78 is 94.2. The van der Waals surface area contributed by atoms with Crippen LogP contribution in [-0.2, 0) is 20.2 Å². The molecule has 4 rings (SSSR count). The number of ether oxygens (including phenoxy) is 1. The molecule has 2 amide bonds. The van der Waals surface area contributed by atoms with Gasteiger partial charge in [-0.25, -0.2) is 8.42 Å². The number of nitrogens with one attached hydrogen (secondary N) is 1. The van der Waals surface area contributed by atoms with Crippen LogP contribution in [0.4, 0.5) is 33.3 Å². The van der Waals surface area contributed by atoms with Gasteiger partial charge in [-0.3, -0.25) is 14.5 Å². The number of aliphatic hydroxyl groups is 1. The highest BCUT2D eigenvalue weighted by atomic mass is 32.2. The van der Waals surface area contributed by atoms with Gasteiger partial charge in [-0.1, -0.05) is 6.07 Å². The van der Waals surface area contributed by atoms with Crippen LogP contribution in [0, 0.1) is 0 Å². The van der Waals surface area contributed by atoms with E-state index in [1.54, 1.807) is 0 Å². The lowest BCUT2D eigenvalue weighted by molar-refractivity contribution is -0.253. The van der Waals surface area contributed by atoms with Gasteiger partial charge >= 0.3 is 12.8 Å². The Bertz CT molecular complexity index is 1320. The minimum Gasteiger partial charge on any atom is -0.435 e. The molecular formula is C21H17F5N2O6S. The lowest BCUT2D eigenvalue weighted by Crippen LogP contribution is -2.63. The van der Waals surface area contributed by atoms with Crippen molar-refractivity contribution in [1.29, 1.82) is 0 Å². The zero-order chi connectivity index (χ0) is 26.0. The monoisotopic (exact) mass is 520 g/mol. The van der Waals surface area contributed by atoms with E-state index in [2.05, 4.69) is 10.1 Å². The largest absolute Gasteiger partial charge is 0.435 e. The molecule has 0 spiro atoms. The van der Waals surface area contributed by atoms with Gasteiger partial charge in [-0.2, -0.15) is 22.0 Å². The lowest BCUT2D eigenvalue weighted by Gasteiger charge is -2.38. The van der Waals surface area contributed by atoms with Crippen LogP contribution < -0.4 is 15.0 Å². The molecule has 1 saturated heterocycles. The maximum absolute atomic E-state index is 14.0. The normalized spacial score (nSPS) is 22.5. The van der Waals surface area contributed by atoms with Crippen LogP contribution in [0.2, 0.25) is 0 Å². The summed E-state index contributed by atoms with van der Waals surface area (Å²) in [6.07, 6.45) is -5.51. The average molecular weight is 520 g/mol. The molecule has 0 saturated carbocycles. The van der Waals surface area contributed by atoms with Crippen molar-refractivity contribution in [2.24, 2.45) is 0 Å². The molecule has 2 aliphatic heterocycles. The number of nitrogens with zero attached hydrogens (tertiary/aromatic N) is 1. The maximum atomic E-state index is 14.0. The van der Waals surface area contributed by atoms with Crippen LogP contribution in [0.25, 0.3) is 0 Å². The Kier molecular flexibility index (Phi) is 5.60. The molecule has 8 nitrogen and oxygen atoms in total. The second-order valence-electron chi connectivity index (χ2n) is 8.50. The lowest BCUT2D eigenvalue weighted by atomic mass is 9.93. The quantitative estimate of drug-likeness (QED) is 0.587. The molecule has 188 valence electrons. The van der Waals surface area contributed by atoms with Crippen molar-refractivity contribution in [3.63, 3.8) is 0 Å². The number of fused-ring (bicyclic) bond motifs is 1. The summed E-state index contributed by atoms with van der Waals surface area (Å²) in [7, 11) is -3.33. The first-order chi connectivity index (χ1) is 16.1. The van der Waals surface area contributed by atoms with Crippen LogP contribution in [0.1, 0.15) is 22.8 Å². The molecule has 0 aliphatic carbocycles. The number of anilines is 2. The molecule has 0 unspecified atom stereocenters. The summed E-state index contributed by atoms with van der Waals surface area (Å²) in [5, 5.41) is 13.0. The fraction of sp³-hybridized carbons (Fsp3) is 0.333. The molecule has 2 aliphatic rings. The summed E-state index contributed by atoms with van der Waals surface area (Å²) in [5.41, 5.74) is -7.20. The van der Waals surface area contributed by atoms with E-state index in [0.717, 1.165) is 30.3 Å². The van der Waals surface area contributed by atoms with Crippen molar-refractivity contribution in [1.82, 2.24) is 5.32 Å². The fourth-order valence-corrected chi connectivity index (χ4v) is 6.23. The zero-order valence-corrected chi connectivity index (χ0v) is 18.6. The molecule has 2 aromatic rings. The molecule has 0 bridgehead atoms. The number of hydrogen-bond donors (Lipinski definition) is 2. The number of benzene rings is 2. The Morgan fingerprint density at radius 2 is 1.83 bits per heavy atom. The number of amides is 2. The summed E-state index contributed by atoms with van der Waals surface area (Å²) in [5.74, 6) is -3.88. The first-order valence-electron chi connectivity index (χ1n) is 9.92. The Labute approximate surface area is 195 Å². The molecule has 2 N–H and O–H groups in total. The van der Waals surface area contributed by atoms with Crippen molar-refractivity contribution in [3.05, 3.63) is 53.6 Å². The first-order valence-corrected chi connectivity index (χ1v) is 11.7. The molecule has 2 heterocycles. The predicted molar refractivity (Wildman–Crippen MR) is 111 cm³/mol. The van der Waals surface area contributed by atoms with E-state index in [4.69, 9.17) is 0 Å². The van der Waals surface area contributed by atoms with E-state index in [0.29, 0.717) is 11.0 Å². The van der Waals surface area contributed by atoms with E-state index >= 15 is 0 Å². The average Bonchev–Trinajstić information content (AvgIpc) is 2.93. The summed E-state index contributed by atoms with van der Waals surface area (Å²) in [6, 6.07) is 7.09. The van der Waals surface area contributed by atoms with Gasteiger partial charge in [0, 0.05) is 17.2 Å². The highest BCUT2D eigenvalue weighted by Gasteiger charge is 2.67. The molecule has 2 aromatic carbocycles. The Hall–Kier alpha value is -3.26. The van der Waals surface area contributed by atoms with Gasteiger partial charge in [-0.05, 0) is 37.3 Å². The van der Waals surface area contributed by atoms with Crippen molar-refractivity contribution < 1.29 is 49.8 Å². The molecule has 14 heteroatoms. The number of halogens is 5. The smallest absolute Gasteiger partial charge is 0.430 e. The van der Waals surface area contributed by atoms with Crippen LogP contribution in [0.15, 0.2) is 42.5 Å². The van der Waals surface area contributed by atoms with Crippen LogP contribution in [0.5, 0.6) is 5.75 Å². The van der Waals surface area contributed by atoms with Crippen molar-refractivity contribution in [2.75, 3.05) is 16.4 Å². The van der Waals surface area contributed by atoms with E-state index in [9.17, 15) is 45.1 Å². The van der Waals surface area contributed by atoms with Gasteiger partial charge in [0.15, 0.2) is 9.84 Å². The maximum Gasteiger partial charge on any atom is 0.430 e. The van der Waals surface area contributed by atoms with Crippen LogP contribution in [0.3, 0.4) is 0 Å². The first kappa shape index (κ1) is 24.9. The Morgan fingerprint density at radius 3 is 2.40 bits per heavy atom. The van der Waals surface area contributed by atoms with E-state index in [1.165, 1.54) is 13.0 Å². The number of carbonyl (C=O) groups excluding carboxylic acids is 2. The minimum atomic E-state index is -5.51. The van der Waals surface area contributed by atoms with E-state index in [1.807, 2.05) is 0 Å². The van der Waals surface area contributed by atoms with Gasteiger partial charge in [0.05, 0.1) is 28.4 Å². The SMILES string of the molecule is CC1(NC(=O)c2ccc3c(c2)[C@](O)(C(F)(F)F)C(=O)N3c2cccc(OC(F)F)c2)CS(=O)(=O)C1. The second-order valence-corrected chi connectivity index (χ2v) is 10.6. The van der Waals surface area contributed by atoms with Crippen molar-refractivity contribution in [2.45, 2.75) is 30.9 Å². The van der Waals surface area contributed by atoms with Gasteiger partial charge in [0.1, 0.15) is 5.75 Å². The number of alkyl halides is 5. The minimum absolute atomic E-state index is 0.293. The van der Waals surface area contributed by atoms with Crippen molar-refractivity contribution >= 4 is 33.0 Å². The van der Waals surface area contributed by atoms with E-state index < -0.39 is 62.6 Å². The molecule has 1 atom stereocenters. The van der Waals surface area contributed by atoms with Crippen LogP contribution in [-0.4, -0.2) is 55.2 Å². The second kappa shape index (κ2) is 7.88. The van der Waals surface area contributed by atoms with Gasteiger partial charge < -0.3 is 15.2 Å². The number of hydrogen-bond acceptors (Lipinski definition) is 6. The fourth-order valence-electron chi connectivity index (χ4n) is 4.22. The van der Waals surface area contributed by atoms with E-state index in [-0.39, 0.29) is 22.8 Å². The van der Waals surface area contributed by atoms with Gasteiger partial charge in [0.2, 0.25) is 0 Å². The highest BCUT2D eigenvalue weighted by molar-refractivity contribution is 7.93. The number of sulfone groups is 1. The standard InChI is InChI=1S/C21H17F5N2O6S/c1-19(9-35(32,33)10-19)27-16(29)11-5-6-15-14(7-11)20(31,21(24,25)26)17(30)28(15)12-3-2-4-13(8-12)34-18(22)23/h2-8,18,31H,9-10H2,1H3,(H,27,29)/t20-/m1/s1.